The van der Waals surface area contributed by atoms with Gasteiger partial charge in [0, 0.05) is 5.92 Å². The van der Waals surface area contributed by atoms with Gasteiger partial charge < -0.3 is 10.2 Å². The number of phenols is 1. The number of hydrogen-bond donors (Lipinski definition) is 2. The first-order valence-electron chi connectivity index (χ1n) is 6.43. The fourth-order valence-corrected chi connectivity index (χ4v) is 3.10. The van der Waals surface area contributed by atoms with Gasteiger partial charge in [0.05, 0.1) is 6.10 Å². The number of benzene rings is 1. The quantitative estimate of drug-likeness (QED) is 0.782. The summed E-state index contributed by atoms with van der Waals surface area (Å²) in [5, 5.41) is 20.1. The maximum atomic E-state index is 10.3. The fourth-order valence-electron chi connectivity index (χ4n) is 3.10. The summed E-state index contributed by atoms with van der Waals surface area (Å²) < 4.78 is 0. The van der Waals surface area contributed by atoms with E-state index >= 15 is 0 Å². The molecule has 17 heavy (non-hydrogen) atoms. The van der Waals surface area contributed by atoms with Crippen LogP contribution in [0, 0.1) is 12.8 Å². The van der Waals surface area contributed by atoms with E-state index < -0.39 is 0 Å². The third-order valence-electron chi connectivity index (χ3n) is 4.02. The summed E-state index contributed by atoms with van der Waals surface area (Å²) in [6.45, 7) is 8.33. The lowest BCUT2D eigenvalue weighted by molar-refractivity contribution is 0.0976. The molecular formula is C15H22O2. The van der Waals surface area contributed by atoms with Gasteiger partial charge in [0.15, 0.2) is 0 Å². The Bertz CT molecular complexity index is 423. The first-order valence-corrected chi connectivity index (χ1v) is 6.43. The Labute approximate surface area is 103 Å². The van der Waals surface area contributed by atoms with Gasteiger partial charge in [-0.15, -0.1) is 0 Å². The molecule has 3 atom stereocenters. The van der Waals surface area contributed by atoms with Gasteiger partial charge in [-0.2, -0.15) is 0 Å². The highest BCUT2D eigenvalue weighted by Crippen LogP contribution is 2.44. The highest BCUT2D eigenvalue weighted by atomic mass is 16.3. The number of fused-ring (bicyclic) bond motifs is 1. The largest absolute Gasteiger partial charge is 0.508 e. The summed E-state index contributed by atoms with van der Waals surface area (Å²) in [6, 6.07) is 3.94. The van der Waals surface area contributed by atoms with E-state index in [1.807, 2.05) is 19.1 Å². The van der Waals surface area contributed by atoms with Crippen LogP contribution in [-0.4, -0.2) is 16.3 Å². The van der Waals surface area contributed by atoms with Crippen LogP contribution in [0.5, 0.6) is 5.75 Å². The van der Waals surface area contributed by atoms with Crippen LogP contribution >= 0.6 is 0 Å². The molecule has 0 radical (unpaired) electrons. The van der Waals surface area contributed by atoms with Gasteiger partial charge in [-0.3, -0.25) is 0 Å². The third kappa shape index (κ3) is 2.06. The second-order valence-corrected chi connectivity index (χ2v) is 5.74. The van der Waals surface area contributed by atoms with Crippen molar-refractivity contribution in [2.75, 3.05) is 0 Å². The molecule has 1 aromatic rings. The molecule has 0 spiro atoms. The van der Waals surface area contributed by atoms with E-state index in [2.05, 4.69) is 20.8 Å². The van der Waals surface area contributed by atoms with E-state index in [1.54, 1.807) is 0 Å². The smallest absolute Gasteiger partial charge is 0.118 e. The lowest BCUT2D eigenvalue weighted by Crippen LogP contribution is -2.30. The standard InChI is InChI=1S/C15H22O2/c1-8(2)15-12-5-10(4)13(16)7-11(12)9(3)6-14(15)17/h5,7-9,14-17H,6H2,1-4H3/t9-,14?,15-/m0/s1. The minimum atomic E-state index is -0.263. The molecule has 2 N–H and O–H groups in total. The maximum Gasteiger partial charge on any atom is 0.118 e. The summed E-state index contributed by atoms with van der Waals surface area (Å²) >= 11 is 0. The Morgan fingerprint density at radius 1 is 1.24 bits per heavy atom. The number of phenolic OH excluding ortho intramolecular Hbond substituents is 1. The highest BCUT2D eigenvalue weighted by Gasteiger charge is 2.34. The van der Waals surface area contributed by atoms with Crippen molar-refractivity contribution in [3.05, 3.63) is 28.8 Å². The molecule has 1 aliphatic carbocycles. The van der Waals surface area contributed by atoms with Crippen molar-refractivity contribution >= 4 is 0 Å². The zero-order valence-corrected chi connectivity index (χ0v) is 11.1. The van der Waals surface area contributed by atoms with E-state index in [0.717, 1.165) is 12.0 Å². The molecule has 0 aliphatic heterocycles. The summed E-state index contributed by atoms with van der Waals surface area (Å²) in [5.41, 5.74) is 3.33. The third-order valence-corrected chi connectivity index (χ3v) is 4.02. The van der Waals surface area contributed by atoms with Gasteiger partial charge in [-0.1, -0.05) is 26.8 Å². The molecule has 2 rings (SSSR count). The van der Waals surface area contributed by atoms with Gasteiger partial charge in [0.1, 0.15) is 5.75 Å². The van der Waals surface area contributed by atoms with Crippen LogP contribution in [0.2, 0.25) is 0 Å². The second kappa shape index (κ2) is 4.34. The predicted molar refractivity (Wildman–Crippen MR) is 69.5 cm³/mol. The Balaban J connectivity index is 2.57. The topological polar surface area (TPSA) is 40.5 Å². The van der Waals surface area contributed by atoms with Crippen LogP contribution < -0.4 is 0 Å². The van der Waals surface area contributed by atoms with E-state index in [-0.39, 0.29) is 12.0 Å². The number of aryl methyl sites for hydroxylation is 1. The van der Waals surface area contributed by atoms with Gasteiger partial charge in [0.25, 0.3) is 0 Å². The van der Waals surface area contributed by atoms with E-state index in [0.29, 0.717) is 17.6 Å². The molecule has 0 aromatic heterocycles. The zero-order chi connectivity index (χ0) is 12.7. The molecule has 0 saturated carbocycles. The number of aromatic hydroxyl groups is 1. The Morgan fingerprint density at radius 3 is 2.47 bits per heavy atom. The lowest BCUT2D eigenvalue weighted by Gasteiger charge is -2.36. The highest BCUT2D eigenvalue weighted by molar-refractivity contribution is 5.46. The Morgan fingerprint density at radius 2 is 1.88 bits per heavy atom. The predicted octanol–water partition coefficient (Wildman–Crippen LogP) is 3.31. The first kappa shape index (κ1) is 12.4. The Hall–Kier alpha value is -1.02. The average molecular weight is 234 g/mol. The summed E-state index contributed by atoms with van der Waals surface area (Å²) in [6.07, 6.45) is 0.527. The molecule has 1 aromatic carbocycles. The molecule has 1 unspecified atom stereocenters. The average Bonchev–Trinajstić information content (AvgIpc) is 2.20. The van der Waals surface area contributed by atoms with Crippen LogP contribution in [0.25, 0.3) is 0 Å². The van der Waals surface area contributed by atoms with E-state index in [9.17, 15) is 10.2 Å². The molecule has 0 heterocycles. The van der Waals surface area contributed by atoms with Gasteiger partial charge in [-0.05, 0) is 47.9 Å². The van der Waals surface area contributed by atoms with Crippen molar-refractivity contribution in [3.63, 3.8) is 0 Å². The Kier molecular flexibility index (Phi) is 3.17. The molecule has 2 heteroatoms. The molecule has 2 nitrogen and oxygen atoms in total. The summed E-state index contributed by atoms with van der Waals surface area (Å²) in [5.74, 6) is 1.30. The minimum absolute atomic E-state index is 0.195. The number of rotatable bonds is 1. The molecule has 94 valence electrons. The molecule has 0 saturated heterocycles. The molecule has 0 fully saturated rings. The van der Waals surface area contributed by atoms with Gasteiger partial charge in [-0.25, -0.2) is 0 Å². The van der Waals surface area contributed by atoms with E-state index in [4.69, 9.17) is 0 Å². The van der Waals surface area contributed by atoms with Crippen molar-refractivity contribution in [2.24, 2.45) is 5.92 Å². The van der Waals surface area contributed by atoms with Crippen LogP contribution in [0.3, 0.4) is 0 Å². The van der Waals surface area contributed by atoms with Crippen molar-refractivity contribution < 1.29 is 10.2 Å². The van der Waals surface area contributed by atoms with Gasteiger partial charge in [0.2, 0.25) is 0 Å². The lowest BCUT2D eigenvalue weighted by atomic mass is 9.71. The number of aliphatic hydroxyl groups excluding tert-OH is 1. The van der Waals surface area contributed by atoms with Crippen LogP contribution in [0.1, 0.15) is 55.7 Å². The first-order chi connectivity index (χ1) is 7.91. The molecule has 0 amide bonds. The van der Waals surface area contributed by atoms with Gasteiger partial charge >= 0.3 is 0 Å². The normalized spacial score (nSPS) is 28.2. The number of aliphatic hydroxyl groups is 1. The SMILES string of the molecule is Cc1cc2c(cc1O)[C@@H](C)CC(O)[C@H]2C(C)C. The van der Waals surface area contributed by atoms with Crippen molar-refractivity contribution in [2.45, 2.75) is 52.1 Å². The maximum absolute atomic E-state index is 10.3. The zero-order valence-electron chi connectivity index (χ0n) is 11.1. The van der Waals surface area contributed by atoms with Crippen molar-refractivity contribution in [1.82, 2.24) is 0 Å². The second-order valence-electron chi connectivity index (χ2n) is 5.74. The number of hydrogen-bond acceptors (Lipinski definition) is 2. The summed E-state index contributed by atoms with van der Waals surface area (Å²) in [7, 11) is 0. The minimum Gasteiger partial charge on any atom is -0.508 e. The van der Waals surface area contributed by atoms with E-state index in [1.165, 1.54) is 11.1 Å². The monoisotopic (exact) mass is 234 g/mol. The van der Waals surface area contributed by atoms with Crippen LogP contribution in [-0.2, 0) is 0 Å². The van der Waals surface area contributed by atoms with Crippen molar-refractivity contribution in [3.8, 4) is 5.75 Å². The van der Waals surface area contributed by atoms with Crippen LogP contribution in [0.15, 0.2) is 12.1 Å². The molecular weight excluding hydrogens is 212 g/mol. The fraction of sp³-hybridized carbons (Fsp3) is 0.600. The van der Waals surface area contributed by atoms with Crippen LogP contribution in [0.4, 0.5) is 0 Å². The van der Waals surface area contributed by atoms with Crippen molar-refractivity contribution in [1.29, 1.82) is 0 Å². The molecule has 0 bridgehead atoms. The molecule has 1 aliphatic rings. The summed E-state index contributed by atoms with van der Waals surface area (Å²) in [4.78, 5) is 0.